The summed E-state index contributed by atoms with van der Waals surface area (Å²) < 4.78 is 0. The van der Waals surface area contributed by atoms with E-state index < -0.39 is 0 Å². The third-order valence-corrected chi connectivity index (χ3v) is 12.3. The van der Waals surface area contributed by atoms with Crippen molar-refractivity contribution in [3.8, 4) is 23.7 Å². The van der Waals surface area contributed by atoms with Crippen molar-refractivity contribution in [3.63, 3.8) is 0 Å². The average Bonchev–Trinajstić information content (AvgIpc) is 3.59. The van der Waals surface area contributed by atoms with E-state index in [0.717, 1.165) is 33.3 Å². The van der Waals surface area contributed by atoms with Gasteiger partial charge in [-0.05, 0) is 123 Å². The summed E-state index contributed by atoms with van der Waals surface area (Å²) in [5.41, 5.74) is 8.59. The summed E-state index contributed by atoms with van der Waals surface area (Å²) in [6.45, 7) is 13.7. The number of hydrogen-bond donors (Lipinski definition) is 1. The van der Waals surface area contributed by atoms with E-state index in [1.54, 1.807) is 0 Å². The molecule has 0 saturated carbocycles. The molecule has 0 aliphatic heterocycles. The lowest BCUT2D eigenvalue weighted by atomic mass is 9.83. The second kappa shape index (κ2) is 11.9. The Balaban J connectivity index is 1.13. The van der Waals surface area contributed by atoms with Crippen LogP contribution in [0.2, 0.25) is 0 Å². The van der Waals surface area contributed by atoms with Crippen molar-refractivity contribution in [1.82, 2.24) is 4.98 Å². The normalized spacial score (nSPS) is 12.5. The number of aromatic nitrogens is 1. The quantitative estimate of drug-likeness (QED) is 0.118. The van der Waals surface area contributed by atoms with Crippen LogP contribution in [0.15, 0.2) is 133 Å². The number of nitrogens with one attached hydrogen (secondary N) is 1. The van der Waals surface area contributed by atoms with Gasteiger partial charge in [-0.3, -0.25) is 0 Å². The van der Waals surface area contributed by atoms with Crippen molar-refractivity contribution in [2.24, 2.45) is 0 Å². The van der Waals surface area contributed by atoms with Gasteiger partial charge in [0.15, 0.2) is 0 Å². The molecule has 1 heterocycles. The molecule has 11 aromatic rings. The zero-order valence-electron chi connectivity index (χ0n) is 33.2. The number of rotatable bonds is 0. The Morgan fingerprint density at radius 1 is 0.333 bits per heavy atom. The molecule has 0 saturated heterocycles. The number of H-pyrrole nitrogens is 1. The number of aromatic amines is 1. The first-order valence-electron chi connectivity index (χ1n) is 20.0. The molecule has 0 spiro atoms. The van der Waals surface area contributed by atoms with Crippen LogP contribution in [0, 0.1) is 23.7 Å². The van der Waals surface area contributed by atoms with Gasteiger partial charge in [0, 0.05) is 33.0 Å². The first-order valence-corrected chi connectivity index (χ1v) is 20.0. The van der Waals surface area contributed by atoms with Gasteiger partial charge < -0.3 is 4.98 Å². The Kier molecular flexibility index (Phi) is 6.97. The summed E-state index contributed by atoms with van der Waals surface area (Å²) in [7, 11) is 0. The third kappa shape index (κ3) is 5.20. The zero-order valence-corrected chi connectivity index (χ0v) is 33.2. The van der Waals surface area contributed by atoms with Crippen molar-refractivity contribution in [1.29, 1.82) is 0 Å². The second-order valence-corrected chi connectivity index (χ2v) is 18.0. The lowest BCUT2D eigenvalue weighted by molar-refractivity contribution is 0.590. The maximum absolute atomic E-state index is 3.90. The minimum atomic E-state index is -0.0689. The summed E-state index contributed by atoms with van der Waals surface area (Å²) in [5.74, 6) is 14.7. The molecule has 0 bridgehead atoms. The Bertz CT molecular complexity index is 3320. The molecule has 1 aromatic heterocycles. The largest absolute Gasteiger partial charge is 0.352 e. The molecule has 1 nitrogen and oxygen atoms in total. The molecule has 270 valence electrons. The lowest BCUT2D eigenvalue weighted by Crippen LogP contribution is -2.11. The van der Waals surface area contributed by atoms with E-state index in [1.165, 1.54) is 86.5 Å². The molecule has 0 aliphatic rings. The van der Waals surface area contributed by atoms with E-state index in [-0.39, 0.29) is 10.8 Å². The monoisotopic (exact) mass is 727 g/mol. The Morgan fingerprint density at radius 3 is 1.05 bits per heavy atom. The SMILES string of the molecule is CC(C)(C)c1cc(C#Cc2ccc3ccc4cccc5ccc2c3c45)c2[nH]c3c(C#Cc4ccc5ccc6cccc7ccc4c5c67)cc(C(C)(C)C)cc3c2c1. The Hall–Kier alpha value is -6.80. The third-order valence-electron chi connectivity index (χ3n) is 12.3. The van der Waals surface area contributed by atoms with Gasteiger partial charge in [-0.2, -0.15) is 0 Å². The molecule has 1 heteroatoms. The van der Waals surface area contributed by atoms with Crippen LogP contribution in [0.1, 0.15) is 74.9 Å². The van der Waals surface area contributed by atoms with E-state index in [1.807, 2.05) is 0 Å². The molecule has 0 fully saturated rings. The fourth-order valence-corrected chi connectivity index (χ4v) is 9.12. The van der Waals surface area contributed by atoms with Crippen molar-refractivity contribution in [2.45, 2.75) is 52.4 Å². The molecule has 0 unspecified atom stereocenters. The molecular formula is C56H41N. The Morgan fingerprint density at radius 2 is 0.667 bits per heavy atom. The minimum absolute atomic E-state index is 0.0689. The van der Waals surface area contributed by atoms with Crippen LogP contribution >= 0.6 is 0 Å². The lowest BCUT2D eigenvalue weighted by Gasteiger charge is -2.20. The van der Waals surface area contributed by atoms with Gasteiger partial charge >= 0.3 is 0 Å². The van der Waals surface area contributed by atoms with E-state index in [4.69, 9.17) is 0 Å². The van der Waals surface area contributed by atoms with E-state index in [0.29, 0.717) is 0 Å². The molecule has 0 aliphatic carbocycles. The highest BCUT2D eigenvalue weighted by molar-refractivity contribution is 6.25. The van der Waals surface area contributed by atoms with Crippen molar-refractivity contribution < 1.29 is 0 Å². The Labute approximate surface area is 333 Å². The highest BCUT2D eigenvalue weighted by Crippen LogP contribution is 2.40. The van der Waals surface area contributed by atoms with E-state index >= 15 is 0 Å². The molecular weight excluding hydrogens is 687 g/mol. The van der Waals surface area contributed by atoms with Crippen molar-refractivity contribution in [3.05, 3.63) is 167 Å². The van der Waals surface area contributed by atoms with Gasteiger partial charge in [-0.15, -0.1) is 0 Å². The van der Waals surface area contributed by atoms with Gasteiger partial charge in [-0.1, -0.05) is 162 Å². The second-order valence-electron chi connectivity index (χ2n) is 18.0. The fraction of sp³-hybridized carbons (Fsp3) is 0.143. The number of benzene rings is 10. The fourth-order valence-electron chi connectivity index (χ4n) is 9.12. The van der Waals surface area contributed by atoms with E-state index in [2.05, 4.69) is 204 Å². The molecule has 0 radical (unpaired) electrons. The van der Waals surface area contributed by atoms with Crippen LogP contribution in [0.5, 0.6) is 0 Å². The van der Waals surface area contributed by atoms with Crippen molar-refractivity contribution >= 4 is 86.4 Å². The van der Waals surface area contributed by atoms with Crippen LogP contribution in [0.4, 0.5) is 0 Å². The predicted molar refractivity (Wildman–Crippen MR) is 245 cm³/mol. The smallest absolute Gasteiger partial charge is 0.0624 e. The maximum Gasteiger partial charge on any atom is 0.0624 e. The summed E-state index contributed by atoms with van der Waals surface area (Å²) in [5, 5.41) is 17.5. The molecule has 1 N–H and O–H groups in total. The average molecular weight is 728 g/mol. The molecule has 10 aromatic carbocycles. The standard InChI is InChI=1S/C56H41N/c1-55(2,3)43-29-41(23-15-33-13-17-39-21-19-35-9-7-11-37-25-27-45(33)51(39)49(35)37)53-47(31-43)48-32-44(56(4,5)6)30-42(54(48)57-53)24-16-34-14-18-40-22-20-36-10-8-12-38-26-28-46(34)52(40)50(36)38/h7-14,17-22,25-32,57H,1-6H3. The van der Waals surface area contributed by atoms with Gasteiger partial charge in [0.2, 0.25) is 0 Å². The van der Waals surface area contributed by atoms with Crippen LogP contribution in [-0.4, -0.2) is 4.98 Å². The van der Waals surface area contributed by atoms with Crippen LogP contribution in [0.3, 0.4) is 0 Å². The highest BCUT2D eigenvalue weighted by Gasteiger charge is 2.22. The first kappa shape index (κ1) is 33.5. The summed E-state index contributed by atoms with van der Waals surface area (Å²) in [4.78, 5) is 3.90. The highest BCUT2D eigenvalue weighted by atomic mass is 14.7. The zero-order chi connectivity index (χ0) is 38.8. The van der Waals surface area contributed by atoms with Crippen LogP contribution in [0.25, 0.3) is 86.4 Å². The van der Waals surface area contributed by atoms with Crippen LogP contribution in [-0.2, 0) is 10.8 Å². The van der Waals surface area contributed by atoms with E-state index in [9.17, 15) is 0 Å². The summed E-state index contributed by atoms with van der Waals surface area (Å²) in [6, 6.07) is 49.2. The van der Waals surface area contributed by atoms with Gasteiger partial charge in [0.05, 0.1) is 11.0 Å². The van der Waals surface area contributed by atoms with Crippen molar-refractivity contribution in [2.75, 3.05) is 0 Å². The van der Waals surface area contributed by atoms with Gasteiger partial charge in [0.1, 0.15) is 0 Å². The molecule has 57 heavy (non-hydrogen) atoms. The topological polar surface area (TPSA) is 15.8 Å². The van der Waals surface area contributed by atoms with Gasteiger partial charge in [-0.25, -0.2) is 0 Å². The number of fused-ring (bicyclic) bond motifs is 3. The summed E-state index contributed by atoms with van der Waals surface area (Å²) >= 11 is 0. The number of hydrogen-bond acceptors (Lipinski definition) is 0. The molecule has 0 amide bonds. The molecule has 0 atom stereocenters. The van der Waals surface area contributed by atoms with Gasteiger partial charge in [0.25, 0.3) is 0 Å². The van der Waals surface area contributed by atoms with Crippen LogP contribution < -0.4 is 0 Å². The maximum atomic E-state index is 3.90. The molecule has 11 rings (SSSR count). The summed E-state index contributed by atoms with van der Waals surface area (Å²) in [6.07, 6.45) is 0. The first-order chi connectivity index (χ1) is 27.5. The minimum Gasteiger partial charge on any atom is -0.352 e. The predicted octanol–water partition coefficient (Wildman–Crippen LogP) is 14.5.